The lowest BCUT2D eigenvalue weighted by molar-refractivity contribution is -0.137. The van der Waals surface area contributed by atoms with E-state index in [1.54, 1.807) is 6.26 Å². The van der Waals surface area contributed by atoms with Crippen LogP contribution >= 0.6 is 11.8 Å². The van der Waals surface area contributed by atoms with E-state index in [-0.39, 0.29) is 16.6 Å². The molecule has 11 heteroatoms. The third-order valence-electron chi connectivity index (χ3n) is 5.10. The highest BCUT2D eigenvalue weighted by molar-refractivity contribution is 7.99. The molecule has 0 unspecified atom stereocenters. The van der Waals surface area contributed by atoms with E-state index in [0.717, 1.165) is 36.6 Å². The molecule has 0 aliphatic heterocycles. The molecule has 5 rings (SSSR count). The minimum absolute atomic E-state index is 0.106. The van der Waals surface area contributed by atoms with Crippen LogP contribution in [0, 0.1) is 0 Å². The average Bonchev–Trinajstić information content (AvgIpc) is 3.16. The van der Waals surface area contributed by atoms with E-state index in [2.05, 4.69) is 20.3 Å². The van der Waals surface area contributed by atoms with Crippen LogP contribution in [0.1, 0.15) is 54.0 Å². The Kier molecular flexibility index (Phi) is 5.28. The smallest absolute Gasteiger partial charge is 0.416 e. The van der Waals surface area contributed by atoms with Crippen molar-refractivity contribution in [3.63, 3.8) is 0 Å². The van der Waals surface area contributed by atoms with E-state index in [0.29, 0.717) is 23.5 Å². The van der Waals surface area contributed by atoms with Crippen molar-refractivity contribution >= 4 is 11.8 Å². The van der Waals surface area contributed by atoms with Gasteiger partial charge in [-0.3, -0.25) is 4.57 Å². The van der Waals surface area contributed by atoms with Crippen molar-refractivity contribution < 1.29 is 22.1 Å². The van der Waals surface area contributed by atoms with Crippen LogP contribution in [-0.4, -0.2) is 24.9 Å². The summed E-state index contributed by atoms with van der Waals surface area (Å²) in [5, 5.41) is 13.0. The van der Waals surface area contributed by atoms with Gasteiger partial charge in [-0.05, 0) is 44.0 Å². The number of hydrogen-bond donors (Lipinski definition) is 0. The van der Waals surface area contributed by atoms with Crippen LogP contribution in [0.3, 0.4) is 0 Å². The number of benzene rings is 1. The topological polar surface area (TPSA) is 82.8 Å². The van der Waals surface area contributed by atoms with E-state index < -0.39 is 11.7 Å². The normalized spacial score (nSPS) is 15.2. The highest BCUT2D eigenvalue weighted by Gasteiger charge is 2.32. The van der Waals surface area contributed by atoms with Crippen LogP contribution in [0.4, 0.5) is 13.2 Å². The molecule has 0 radical (unpaired) electrons. The molecule has 32 heavy (non-hydrogen) atoms. The minimum Gasteiger partial charge on any atom is -0.467 e. The molecule has 0 amide bonds. The maximum atomic E-state index is 13.0. The molecule has 1 atom stereocenters. The van der Waals surface area contributed by atoms with Crippen molar-refractivity contribution in [3.8, 4) is 11.4 Å². The quantitative estimate of drug-likeness (QED) is 0.326. The molecule has 1 saturated carbocycles. The van der Waals surface area contributed by atoms with Gasteiger partial charge in [0, 0.05) is 11.5 Å². The summed E-state index contributed by atoms with van der Waals surface area (Å²) in [5.41, 5.74) is -0.522. The van der Waals surface area contributed by atoms with Crippen molar-refractivity contribution in [1.29, 1.82) is 0 Å². The fraction of sp³-hybridized carbons (Fsp3) is 0.333. The van der Waals surface area contributed by atoms with Gasteiger partial charge in [-0.1, -0.05) is 29.1 Å². The second-order valence-electron chi connectivity index (χ2n) is 7.58. The highest BCUT2D eigenvalue weighted by atomic mass is 32.2. The maximum Gasteiger partial charge on any atom is 0.416 e. The van der Waals surface area contributed by atoms with Gasteiger partial charge in [0.2, 0.25) is 11.7 Å². The zero-order chi connectivity index (χ0) is 22.3. The van der Waals surface area contributed by atoms with Crippen LogP contribution < -0.4 is 0 Å². The zero-order valence-electron chi connectivity index (χ0n) is 16.9. The zero-order valence-corrected chi connectivity index (χ0v) is 17.7. The Morgan fingerprint density at radius 1 is 1.19 bits per heavy atom. The van der Waals surface area contributed by atoms with Crippen molar-refractivity contribution in [1.82, 2.24) is 24.9 Å². The van der Waals surface area contributed by atoms with E-state index in [9.17, 15) is 13.2 Å². The predicted molar refractivity (Wildman–Crippen MR) is 109 cm³/mol. The molecular weight excluding hydrogens is 443 g/mol. The van der Waals surface area contributed by atoms with Gasteiger partial charge in [-0.15, -0.1) is 10.2 Å². The SMILES string of the molecule is C[C@H](Sc1nnc(C2CC2)n1Cc1ccco1)c1nc(-c2cccc(C(F)(F)F)c2)no1. The Labute approximate surface area is 185 Å². The summed E-state index contributed by atoms with van der Waals surface area (Å²) >= 11 is 1.40. The highest BCUT2D eigenvalue weighted by Crippen LogP contribution is 2.42. The molecule has 0 N–H and O–H groups in total. The Morgan fingerprint density at radius 3 is 2.75 bits per heavy atom. The lowest BCUT2D eigenvalue weighted by Crippen LogP contribution is -2.06. The van der Waals surface area contributed by atoms with Crippen molar-refractivity contribution in [3.05, 3.63) is 65.7 Å². The van der Waals surface area contributed by atoms with Crippen LogP contribution in [0.15, 0.2) is 56.8 Å². The summed E-state index contributed by atoms with van der Waals surface area (Å²) in [6, 6.07) is 8.58. The molecule has 166 valence electrons. The molecular formula is C21H18F3N5O2S. The molecule has 1 aromatic carbocycles. The van der Waals surface area contributed by atoms with E-state index in [1.807, 2.05) is 23.6 Å². The Balaban J connectivity index is 1.37. The van der Waals surface area contributed by atoms with Gasteiger partial charge < -0.3 is 8.94 Å². The minimum atomic E-state index is -4.44. The van der Waals surface area contributed by atoms with Gasteiger partial charge in [-0.25, -0.2) is 0 Å². The van der Waals surface area contributed by atoms with Crippen LogP contribution in [-0.2, 0) is 12.7 Å². The summed E-state index contributed by atoms with van der Waals surface area (Å²) in [7, 11) is 0. The van der Waals surface area contributed by atoms with Crippen LogP contribution in [0.25, 0.3) is 11.4 Å². The van der Waals surface area contributed by atoms with E-state index in [1.165, 1.54) is 23.9 Å². The molecule has 0 bridgehead atoms. The molecule has 3 heterocycles. The van der Waals surface area contributed by atoms with Gasteiger partial charge in [0.1, 0.15) is 11.6 Å². The summed E-state index contributed by atoms with van der Waals surface area (Å²) in [6.07, 6.45) is -0.649. The molecule has 3 aromatic heterocycles. The van der Waals surface area contributed by atoms with Gasteiger partial charge in [0.25, 0.3) is 0 Å². The van der Waals surface area contributed by atoms with Crippen LogP contribution in [0.2, 0.25) is 0 Å². The lowest BCUT2D eigenvalue weighted by atomic mass is 10.1. The van der Waals surface area contributed by atoms with Crippen molar-refractivity contribution in [2.24, 2.45) is 0 Å². The van der Waals surface area contributed by atoms with E-state index >= 15 is 0 Å². The largest absolute Gasteiger partial charge is 0.467 e. The molecule has 0 spiro atoms. The van der Waals surface area contributed by atoms with Crippen molar-refractivity contribution in [2.75, 3.05) is 0 Å². The molecule has 1 aliphatic carbocycles. The molecule has 0 saturated heterocycles. The number of aromatic nitrogens is 5. The second kappa shape index (κ2) is 8.12. The first-order valence-corrected chi connectivity index (χ1v) is 10.9. The van der Waals surface area contributed by atoms with Gasteiger partial charge in [0.05, 0.1) is 23.6 Å². The number of halogens is 3. The number of rotatable bonds is 7. The second-order valence-corrected chi connectivity index (χ2v) is 8.88. The molecule has 7 nitrogen and oxygen atoms in total. The summed E-state index contributed by atoms with van der Waals surface area (Å²) in [5.74, 6) is 2.52. The number of furan rings is 1. The summed E-state index contributed by atoms with van der Waals surface area (Å²) in [6.45, 7) is 2.39. The Bertz CT molecular complexity index is 1210. The first-order chi connectivity index (χ1) is 15.4. The first kappa shape index (κ1) is 20.8. The number of nitrogens with zero attached hydrogens (tertiary/aromatic N) is 5. The van der Waals surface area contributed by atoms with Crippen molar-refractivity contribution in [2.45, 2.75) is 48.8 Å². The third-order valence-corrected chi connectivity index (χ3v) is 6.17. The fourth-order valence-corrected chi connectivity index (χ4v) is 4.18. The Hall–Kier alpha value is -3.08. The fourth-order valence-electron chi connectivity index (χ4n) is 3.30. The van der Waals surface area contributed by atoms with Gasteiger partial charge in [-0.2, -0.15) is 18.2 Å². The maximum absolute atomic E-state index is 13.0. The molecule has 1 aliphatic rings. The number of alkyl halides is 3. The van der Waals surface area contributed by atoms with Gasteiger partial charge >= 0.3 is 6.18 Å². The average molecular weight is 461 g/mol. The predicted octanol–water partition coefficient (Wildman–Crippen LogP) is 5.72. The molecule has 4 aromatic rings. The summed E-state index contributed by atoms with van der Waals surface area (Å²) < 4.78 is 51.9. The summed E-state index contributed by atoms with van der Waals surface area (Å²) in [4.78, 5) is 4.32. The third kappa shape index (κ3) is 4.29. The number of thioether (sulfide) groups is 1. The molecule has 1 fully saturated rings. The number of hydrogen-bond acceptors (Lipinski definition) is 7. The van der Waals surface area contributed by atoms with Crippen LogP contribution in [0.5, 0.6) is 0 Å². The lowest BCUT2D eigenvalue weighted by Gasteiger charge is -2.10. The monoisotopic (exact) mass is 461 g/mol. The first-order valence-electron chi connectivity index (χ1n) is 10.0. The Morgan fingerprint density at radius 2 is 2.03 bits per heavy atom. The van der Waals surface area contributed by atoms with Gasteiger partial charge in [0.15, 0.2) is 5.16 Å². The standard InChI is InChI=1S/C21H18F3N5O2S/c1-12(19-25-17(28-31-19)14-4-2-5-15(10-14)21(22,23)24)32-20-27-26-18(13-7-8-13)29(20)11-16-6-3-9-30-16/h2-6,9-10,12-13H,7-8,11H2,1H3/t12-/m0/s1. The van der Waals surface area contributed by atoms with E-state index in [4.69, 9.17) is 8.94 Å².